The first-order valence-electron chi connectivity index (χ1n) is 13.3. The molecule has 0 N–H and O–H groups in total. The molecule has 0 aromatic heterocycles. The monoisotopic (exact) mass is 534 g/mol. The fraction of sp³-hybridized carbons (Fsp3) is 0.467. The average Bonchev–Trinajstić information content (AvgIpc) is 3.76. The van der Waals surface area contributed by atoms with Crippen molar-refractivity contribution in [1.82, 2.24) is 0 Å². The van der Waals surface area contributed by atoms with E-state index in [2.05, 4.69) is 12.2 Å². The minimum absolute atomic E-state index is 0.101. The summed E-state index contributed by atoms with van der Waals surface area (Å²) in [4.78, 5) is 26.9. The highest BCUT2D eigenvalue weighted by Crippen LogP contribution is 2.57. The Morgan fingerprint density at radius 3 is 2.21 bits per heavy atom. The molecule has 3 aliphatic carbocycles. The van der Waals surface area contributed by atoms with Gasteiger partial charge in [-0.15, -0.1) is 0 Å². The molecule has 39 heavy (non-hydrogen) atoms. The molecule has 0 radical (unpaired) electrons. The lowest BCUT2D eigenvalue weighted by atomic mass is 9.66. The van der Waals surface area contributed by atoms with Crippen LogP contribution < -0.4 is 23.7 Å². The van der Waals surface area contributed by atoms with Crippen molar-refractivity contribution in [2.24, 2.45) is 29.6 Å². The second-order valence-electron chi connectivity index (χ2n) is 10.8. The maximum atomic E-state index is 13.5. The minimum Gasteiger partial charge on any atom is -0.493 e. The molecule has 9 nitrogen and oxygen atoms in total. The van der Waals surface area contributed by atoms with Crippen LogP contribution in [0.4, 0.5) is 0 Å². The number of rotatable bonds is 6. The lowest BCUT2D eigenvalue weighted by molar-refractivity contribution is -0.160. The van der Waals surface area contributed by atoms with Crippen LogP contribution in [-0.2, 0) is 19.1 Å². The Kier molecular flexibility index (Phi) is 5.64. The molecule has 7 atom stereocenters. The topological polar surface area (TPSA) is 98.8 Å². The van der Waals surface area contributed by atoms with Gasteiger partial charge in [-0.05, 0) is 60.1 Å². The summed E-state index contributed by atoms with van der Waals surface area (Å²) in [5.41, 5.74) is 2.41. The molecule has 2 fully saturated rings. The first kappa shape index (κ1) is 24.2. The smallest absolute Gasteiger partial charge is 0.310 e. The Hall–Kier alpha value is -3.88. The number of carbonyl (C=O) groups is 2. The van der Waals surface area contributed by atoms with Gasteiger partial charge < -0.3 is 33.2 Å². The number of carbonyl (C=O) groups excluding carboxylic acids is 2. The quantitative estimate of drug-likeness (QED) is 0.399. The molecule has 2 aromatic carbocycles. The molecule has 1 saturated heterocycles. The first-order chi connectivity index (χ1) is 19.0. The van der Waals surface area contributed by atoms with Crippen LogP contribution in [0.1, 0.15) is 41.6 Å². The fourth-order valence-electron chi connectivity index (χ4n) is 7.21. The Labute approximate surface area is 225 Å². The molecule has 2 heterocycles. The molecule has 2 bridgehead atoms. The van der Waals surface area contributed by atoms with E-state index in [1.54, 1.807) is 21.3 Å². The number of fused-ring (bicyclic) bond motifs is 5. The normalized spacial score (nSPS) is 30.9. The van der Waals surface area contributed by atoms with Gasteiger partial charge in [0.25, 0.3) is 0 Å². The molecule has 9 heteroatoms. The highest BCUT2D eigenvalue weighted by atomic mass is 16.7. The molecule has 2 aromatic rings. The lowest BCUT2D eigenvalue weighted by Gasteiger charge is -2.39. The molecule has 2 aliphatic heterocycles. The average molecular weight is 535 g/mol. The molecular formula is C30H30O9. The van der Waals surface area contributed by atoms with E-state index in [1.165, 1.54) is 0 Å². The van der Waals surface area contributed by atoms with Gasteiger partial charge in [-0.2, -0.15) is 0 Å². The van der Waals surface area contributed by atoms with Crippen LogP contribution in [0, 0.1) is 29.6 Å². The summed E-state index contributed by atoms with van der Waals surface area (Å²) in [7, 11) is 4.66. The Balaban J connectivity index is 1.36. The third-order valence-corrected chi connectivity index (χ3v) is 8.99. The van der Waals surface area contributed by atoms with Crippen LogP contribution in [0.15, 0.2) is 36.4 Å². The Morgan fingerprint density at radius 2 is 1.59 bits per heavy atom. The van der Waals surface area contributed by atoms with E-state index in [9.17, 15) is 9.59 Å². The van der Waals surface area contributed by atoms with Crippen LogP contribution in [0.2, 0.25) is 0 Å². The van der Waals surface area contributed by atoms with Gasteiger partial charge in [0.2, 0.25) is 12.5 Å². The largest absolute Gasteiger partial charge is 0.493 e. The zero-order chi connectivity index (χ0) is 26.8. The molecule has 204 valence electrons. The summed E-state index contributed by atoms with van der Waals surface area (Å²) in [5.74, 6) is 1.16. The number of hydrogen-bond acceptors (Lipinski definition) is 9. The van der Waals surface area contributed by atoms with Crippen LogP contribution in [-0.4, -0.2) is 46.7 Å². The highest BCUT2D eigenvalue weighted by molar-refractivity contribution is 5.80. The van der Waals surface area contributed by atoms with Gasteiger partial charge in [0.1, 0.15) is 6.10 Å². The van der Waals surface area contributed by atoms with E-state index < -0.39 is 17.9 Å². The molecule has 7 rings (SSSR count). The number of methoxy groups -OCH3 is 3. The van der Waals surface area contributed by atoms with Gasteiger partial charge in [-0.1, -0.05) is 12.2 Å². The van der Waals surface area contributed by atoms with E-state index in [0.717, 1.165) is 29.5 Å². The summed E-state index contributed by atoms with van der Waals surface area (Å²) in [5, 5.41) is 0. The minimum atomic E-state index is -0.653. The number of esters is 2. The number of ether oxygens (including phenoxy) is 7. The summed E-state index contributed by atoms with van der Waals surface area (Å²) >= 11 is 0. The van der Waals surface area contributed by atoms with Gasteiger partial charge in [0, 0.05) is 17.4 Å². The second kappa shape index (κ2) is 9.10. The zero-order valence-electron chi connectivity index (χ0n) is 22.0. The van der Waals surface area contributed by atoms with Crippen LogP contribution in [0.5, 0.6) is 28.7 Å². The van der Waals surface area contributed by atoms with E-state index in [-0.39, 0.29) is 43.1 Å². The number of hydrogen-bond donors (Lipinski definition) is 0. The molecule has 1 saturated carbocycles. The van der Waals surface area contributed by atoms with Crippen molar-refractivity contribution in [2.45, 2.75) is 24.9 Å². The van der Waals surface area contributed by atoms with E-state index in [4.69, 9.17) is 33.2 Å². The maximum Gasteiger partial charge on any atom is 0.310 e. The molecule has 0 spiro atoms. The molecule has 3 unspecified atom stereocenters. The van der Waals surface area contributed by atoms with Crippen molar-refractivity contribution in [2.75, 3.05) is 34.7 Å². The van der Waals surface area contributed by atoms with Crippen molar-refractivity contribution in [3.63, 3.8) is 0 Å². The van der Waals surface area contributed by atoms with Gasteiger partial charge >= 0.3 is 11.9 Å². The predicted molar refractivity (Wildman–Crippen MR) is 136 cm³/mol. The summed E-state index contributed by atoms with van der Waals surface area (Å²) in [6.45, 7) is 0.261. The van der Waals surface area contributed by atoms with E-state index in [0.29, 0.717) is 34.7 Å². The van der Waals surface area contributed by atoms with Crippen molar-refractivity contribution >= 4 is 11.9 Å². The molecular weight excluding hydrogens is 504 g/mol. The third-order valence-electron chi connectivity index (χ3n) is 8.99. The van der Waals surface area contributed by atoms with E-state index in [1.807, 2.05) is 24.3 Å². The second-order valence-corrected chi connectivity index (χ2v) is 10.8. The van der Waals surface area contributed by atoms with Gasteiger partial charge in [-0.25, -0.2) is 0 Å². The van der Waals surface area contributed by atoms with Crippen molar-refractivity contribution in [3.05, 3.63) is 53.1 Å². The van der Waals surface area contributed by atoms with Crippen molar-refractivity contribution in [3.8, 4) is 28.7 Å². The van der Waals surface area contributed by atoms with Crippen LogP contribution in [0.25, 0.3) is 0 Å². The zero-order valence-corrected chi connectivity index (χ0v) is 22.0. The fourth-order valence-corrected chi connectivity index (χ4v) is 7.21. The van der Waals surface area contributed by atoms with E-state index >= 15 is 0 Å². The standard InChI is InChI=1S/C30H30O9/c1-33-23-8-16(9-24(34-2)28(23)35-3)25-18-10-21-22(38-13-37-21)11-19(18)27(20-12-36-30(32)26(20)25)39-29(31)17-7-14-4-5-15(17)6-14/h4-5,8-11,14-15,17,20,25-27H,6-7,12-13H2,1-3H3/t14?,15?,17?,20-,25+,26-,27+/m0/s1. The Bertz CT molecular complexity index is 1360. The highest BCUT2D eigenvalue weighted by Gasteiger charge is 2.55. The number of benzene rings is 2. The molecule has 5 aliphatic rings. The SMILES string of the molecule is COc1cc([C@@H]2c3cc4c(cc3[C@@H](OC(=O)C3CC5C=CC3C5)[C@H]3COC(=O)[C@H]23)OCO4)cc(OC)c1OC. The lowest BCUT2D eigenvalue weighted by Crippen LogP contribution is -2.37. The predicted octanol–water partition coefficient (Wildman–Crippen LogP) is 4.17. The summed E-state index contributed by atoms with van der Waals surface area (Å²) < 4.78 is 40.2. The summed E-state index contributed by atoms with van der Waals surface area (Å²) in [6.07, 6.45) is 5.49. The van der Waals surface area contributed by atoms with Crippen LogP contribution in [0.3, 0.4) is 0 Å². The third kappa shape index (κ3) is 3.66. The first-order valence-corrected chi connectivity index (χ1v) is 13.3. The van der Waals surface area contributed by atoms with Gasteiger partial charge in [-0.3, -0.25) is 9.59 Å². The number of cyclic esters (lactones) is 1. The maximum absolute atomic E-state index is 13.5. The van der Waals surface area contributed by atoms with Crippen molar-refractivity contribution < 1.29 is 42.7 Å². The molecule has 0 amide bonds. The van der Waals surface area contributed by atoms with Crippen LogP contribution >= 0.6 is 0 Å². The van der Waals surface area contributed by atoms with Gasteiger partial charge in [0.05, 0.1) is 39.8 Å². The van der Waals surface area contributed by atoms with Crippen molar-refractivity contribution in [1.29, 1.82) is 0 Å². The summed E-state index contributed by atoms with van der Waals surface area (Å²) in [6, 6.07) is 7.50. The van der Waals surface area contributed by atoms with Gasteiger partial charge in [0.15, 0.2) is 23.0 Å². The number of allylic oxidation sites excluding steroid dienone is 2. The Morgan fingerprint density at radius 1 is 0.872 bits per heavy atom.